The lowest BCUT2D eigenvalue weighted by molar-refractivity contribution is -0.137. The minimum atomic E-state index is -4.53. The maximum atomic E-state index is 12.8. The summed E-state index contributed by atoms with van der Waals surface area (Å²) in [7, 11) is -3.89. The lowest BCUT2D eigenvalue weighted by atomic mass is 10.2. The van der Waals surface area contributed by atoms with Gasteiger partial charge in [-0.25, -0.2) is 8.42 Å². The van der Waals surface area contributed by atoms with Crippen LogP contribution in [0.4, 0.5) is 18.9 Å². The molecule has 2 amide bonds. The predicted octanol–water partition coefficient (Wildman–Crippen LogP) is 2.53. The lowest BCUT2D eigenvalue weighted by Crippen LogP contribution is -2.59. The first-order valence-corrected chi connectivity index (χ1v) is 12.0. The molecule has 1 aliphatic heterocycles. The molecule has 0 radical (unpaired) electrons. The highest BCUT2D eigenvalue weighted by Crippen LogP contribution is 2.30. The number of carbonyl (C=O) groups excluding carboxylic acids is 2. The first-order valence-electron chi connectivity index (χ1n) is 9.40. The number of nitrogens with one attached hydrogen (secondary N) is 3. The van der Waals surface area contributed by atoms with Gasteiger partial charge >= 0.3 is 6.18 Å². The Labute approximate surface area is 187 Å². The standard InChI is InChI=1S/C20H20F3N3O4S2/c1-12-5-7-15(8-6-12)32(29,30)16-10-24-19(26-18(16)28)31-11-17(27)25-14-4-2-3-13(9-14)20(21,22)23/h2-9,16,19,24H,10-11H2,1H3,(H,25,27)(H,26,28). The predicted molar refractivity (Wildman–Crippen MR) is 115 cm³/mol. The van der Waals surface area contributed by atoms with E-state index in [1.165, 1.54) is 24.3 Å². The molecule has 2 aromatic rings. The van der Waals surface area contributed by atoms with Crippen LogP contribution in [0.3, 0.4) is 0 Å². The number of anilines is 1. The van der Waals surface area contributed by atoms with Gasteiger partial charge in [-0.1, -0.05) is 23.8 Å². The van der Waals surface area contributed by atoms with Crippen molar-refractivity contribution in [1.82, 2.24) is 10.6 Å². The summed E-state index contributed by atoms with van der Waals surface area (Å²) in [6, 6.07) is 10.4. The number of rotatable bonds is 6. The molecule has 1 heterocycles. The van der Waals surface area contributed by atoms with E-state index in [0.29, 0.717) is 0 Å². The molecule has 32 heavy (non-hydrogen) atoms. The molecule has 0 spiro atoms. The molecule has 0 saturated carbocycles. The van der Waals surface area contributed by atoms with Crippen molar-refractivity contribution in [3.63, 3.8) is 0 Å². The molecular formula is C20H20F3N3O4S2. The Morgan fingerprint density at radius 1 is 1.19 bits per heavy atom. The summed E-state index contributed by atoms with van der Waals surface area (Å²) >= 11 is 0.977. The van der Waals surface area contributed by atoms with Crippen molar-refractivity contribution < 1.29 is 31.2 Å². The number of hydrogen-bond donors (Lipinski definition) is 3. The van der Waals surface area contributed by atoms with E-state index in [2.05, 4.69) is 16.0 Å². The van der Waals surface area contributed by atoms with Crippen molar-refractivity contribution in [3.8, 4) is 0 Å². The number of amides is 2. The number of benzene rings is 2. The van der Waals surface area contributed by atoms with Gasteiger partial charge in [0.25, 0.3) is 0 Å². The molecular weight excluding hydrogens is 467 g/mol. The fourth-order valence-electron chi connectivity index (χ4n) is 2.95. The lowest BCUT2D eigenvalue weighted by Gasteiger charge is -2.29. The molecule has 2 aromatic carbocycles. The van der Waals surface area contributed by atoms with Crippen LogP contribution in [0, 0.1) is 6.92 Å². The van der Waals surface area contributed by atoms with Crippen LogP contribution < -0.4 is 16.0 Å². The van der Waals surface area contributed by atoms with Gasteiger partial charge in [0, 0.05) is 12.2 Å². The van der Waals surface area contributed by atoms with Crippen LogP contribution in [0.15, 0.2) is 53.4 Å². The highest BCUT2D eigenvalue weighted by molar-refractivity contribution is 8.00. The Bertz CT molecular complexity index is 1110. The van der Waals surface area contributed by atoms with Gasteiger partial charge in [-0.2, -0.15) is 13.2 Å². The molecule has 2 unspecified atom stereocenters. The molecule has 12 heteroatoms. The minimum absolute atomic E-state index is 0.00433. The van der Waals surface area contributed by atoms with Gasteiger partial charge in [0.15, 0.2) is 15.1 Å². The normalized spacial score (nSPS) is 19.3. The molecule has 0 aromatic heterocycles. The van der Waals surface area contributed by atoms with Gasteiger partial charge in [-0.05, 0) is 37.3 Å². The van der Waals surface area contributed by atoms with Crippen molar-refractivity contribution in [2.45, 2.75) is 28.7 Å². The molecule has 1 aliphatic rings. The first-order chi connectivity index (χ1) is 15.0. The third-order valence-electron chi connectivity index (χ3n) is 4.63. The van der Waals surface area contributed by atoms with Gasteiger partial charge < -0.3 is 10.6 Å². The SMILES string of the molecule is Cc1ccc(S(=O)(=O)C2CNC(SCC(=O)Nc3cccc(C(F)(F)F)c3)NC2=O)cc1. The van der Waals surface area contributed by atoms with E-state index >= 15 is 0 Å². The summed E-state index contributed by atoms with van der Waals surface area (Å²) in [5.74, 6) is -1.44. The van der Waals surface area contributed by atoms with Crippen LogP contribution in [0.5, 0.6) is 0 Å². The second-order valence-corrected chi connectivity index (χ2v) is 10.3. The number of aryl methyl sites for hydroxylation is 1. The molecule has 1 fully saturated rings. The maximum absolute atomic E-state index is 12.8. The van der Waals surface area contributed by atoms with Gasteiger partial charge in [0.05, 0.1) is 16.2 Å². The summed E-state index contributed by atoms with van der Waals surface area (Å²) in [5, 5.41) is 6.41. The zero-order chi connectivity index (χ0) is 23.5. The van der Waals surface area contributed by atoms with Gasteiger partial charge in [0.1, 0.15) is 5.50 Å². The fourth-order valence-corrected chi connectivity index (χ4v) is 5.27. The van der Waals surface area contributed by atoms with Gasteiger partial charge in [-0.3, -0.25) is 14.9 Å². The maximum Gasteiger partial charge on any atom is 0.416 e. The Hall–Kier alpha value is -2.57. The number of carbonyl (C=O) groups is 2. The number of halogens is 3. The van der Waals surface area contributed by atoms with Gasteiger partial charge in [0.2, 0.25) is 11.8 Å². The number of sulfone groups is 1. The zero-order valence-electron chi connectivity index (χ0n) is 16.8. The summed E-state index contributed by atoms with van der Waals surface area (Å²) in [6.07, 6.45) is -4.53. The van der Waals surface area contributed by atoms with E-state index in [1.807, 2.05) is 6.92 Å². The quantitative estimate of drug-likeness (QED) is 0.579. The van der Waals surface area contributed by atoms with E-state index in [9.17, 15) is 31.2 Å². The Balaban J connectivity index is 1.54. The van der Waals surface area contributed by atoms with Crippen LogP contribution in [0.1, 0.15) is 11.1 Å². The molecule has 0 aliphatic carbocycles. The molecule has 2 atom stereocenters. The van der Waals surface area contributed by atoms with E-state index in [-0.39, 0.29) is 22.9 Å². The summed E-state index contributed by atoms with van der Waals surface area (Å²) in [6.45, 7) is 1.67. The zero-order valence-corrected chi connectivity index (χ0v) is 18.4. The molecule has 3 N–H and O–H groups in total. The number of thioether (sulfide) groups is 1. The fraction of sp³-hybridized carbons (Fsp3) is 0.300. The van der Waals surface area contributed by atoms with Crippen molar-refractivity contribution in [3.05, 3.63) is 59.7 Å². The number of hydrogen-bond acceptors (Lipinski definition) is 6. The van der Waals surface area contributed by atoms with Crippen molar-refractivity contribution >= 4 is 39.1 Å². The Morgan fingerprint density at radius 3 is 2.50 bits per heavy atom. The van der Waals surface area contributed by atoms with E-state index in [1.54, 1.807) is 12.1 Å². The highest BCUT2D eigenvalue weighted by Gasteiger charge is 2.38. The van der Waals surface area contributed by atoms with Gasteiger partial charge in [-0.15, -0.1) is 11.8 Å². The summed E-state index contributed by atoms with van der Waals surface area (Å²) in [4.78, 5) is 24.5. The second-order valence-electron chi connectivity index (χ2n) is 7.08. The molecule has 1 saturated heterocycles. The topological polar surface area (TPSA) is 104 Å². The molecule has 0 bridgehead atoms. The highest BCUT2D eigenvalue weighted by atomic mass is 32.2. The Kier molecular flexibility index (Phi) is 7.16. The average Bonchev–Trinajstić information content (AvgIpc) is 2.72. The van der Waals surface area contributed by atoms with Crippen molar-refractivity contribution in [2.75, 3.05) is 17.6 Å². The van der Waals surface area contributed by atoms with Crippen LogP contribution in [0.2, 0.25) is 0 Å². The second kappa shape index (κ2) is 9.51. The smallest absolute Gasteiger partial charge is 0.331 e. The van der Waals surface area contributed by atoms with Crippen LogP contribution in [-0.2, 0) is 25.6 Å². The first kappa shape index (κ1) is 24.1. The van der Waals surface area contributed by atoms with Crippen LogP contribution >= 0.6 is 11.8 Å². The third-order valence-corrected chi connectivity index (χ3v) is 7.74. The van der Waals surface area contributed by atoms with Crippen molar-refractivity contribution in [1.29, 1.82) is 0 Å². The monoisotopic (exact) mass is 487 g/mol. The largest absolute Gasteiger partial charge is 0.416 e. The number of alkyl halides is 3. The summed E-state index contributed by atoms with van der Waals surface area (Å²) in [5.41, 5.74) is -0.727. The Morgan fingerprint density at radius 2 is 1.88 bits per heavy atom. The molecule has 7 nitrogen and oxygen atoms in total. The third kappa shape index (κ3) is 5.81. The average molecular weight is 488 g/mol. The van der Waals surface area contributed by atoms with Crippen LogP contribution in [0.25, 0.3) is 0 Å². The minimum Gasteiger partial charge on any atom is -0.331 e. The van der Waals surface area contributed by atoms with E-state index < -0.39 is 44.1 Å². The van der Waals surface area contributed by atoms with Crippen LogP contribution in [-0.4, -0.2) is 43.3 Å². The molecule has 172 valence electrons. The molecule has 3 rings (SSSR count). The summed E-state index contributed by atoms with van der Waals surface area (Å²) < 4.78 is 63.8. The van der Waals surface area contributed by atoms with E-state index in [0.717, 1.165) is 29.5 Å². The van der Waals surface area contributed by atoms with Crippen molar-refractivity contribution in [2.24, 2.45) is 0 Å². The van der Waals surface area contributed by atoms with E-state index in [4.69, 9.17) is 0 Å².